The molecule has 3 atom stereocenters. The summed E-state index contributed by atoms with van der Waals surface area (Å²) >= 11 is 0. The monoisotopic (exact) mass is 464 g/mol. The Morgan fingerprint density at radius 3 is 2.29 bits per heavy atom. The van der Waals surface area contributed by atoms with E-state index in [0.29, 0.717) is 19.3 Å². The van der Waals surface area contributed by atoms with Crippen LogP contribution < -0.4 is 10.6 Å². The van der Waals surface area contributed by atoms with Gasteiger partial charge in [-0.25, -0.2) is 9.59 Å². The molecule has 1 saturated carbocycles. The number of hydrogen-bond donors (Lipinski definition) is 3. The lowest BCUT2D eigenvalue weighted by Crippen LogP contribution is -2.41. The molecule has 4 rings (SSSR count). The SMILES string of the molecule is CCC[C@H](NC(=O)C[C@@H]1CC[C@H](NC(=O)OCC2c3ccccc3-c3ccccc32)C1)C(=O)O. The Labute approximate surface area is 199 Å². The first-order chi connectivity index (χ1) is 16.5. The van der Waals surface area contributed by atoms with Crippen molar-refractivity contribution in [2.75, 3.05) is 6.61 Å². The van der Waals surface area contributed by atoms with E-state index in [4.69, 9.17) is 4.74 Å². The van der Waals surface area contributed by atoms with Crippen LogP contribution in [-0.4, -0.2) is 41.8 Å². The van der Waals surface area contributed by atoms with Crippen LogP contribution in [0, 0.1) is 5.92 Å². The number of carbonyl (C=O) groups is 3. The van der Waals surface area contributed by atoms with E-state index in [-0.39, 0.29) is 36.8 Å². The third-order valence-electron chi connectivity index (χ3n) is 6.89. The number of ether oxygens (including phenoxy) is 1. The number of amides is 2. The molecular formula is C27H32N2O5. The lowest BCUT2D eigenvalue weighted by atomic mass is 9.98. The van der Waals surface area contributed by atoms with E-state index < -0.39 is 18.1 Å². The quantitative estimate of drug-likeness (QED) is 0.508. The Balaban J connectivity index is 1.25. The van der Waals surface area contributed by atoms with Gasteiger partial charge in [0.2, 0.25) is 5.91 Å². The predicted molar refractivity (Wildman–Crippen MR) is 128 cm³/mol. The van der Waals surface area contributed by atoms with Crippen LogP contribution in [0.25, 0.3) is 11.1 Å². The molecule has 2 amide bonds. The Hall–Kier alpha value is -3.35. The summed E-state index contributed by atoms with van der Waals surface area (Å²) in [6, 6.07) is 15.6. The number of nitrogens with one attached hydrogen (secondary N) is 2. The van der Waals surface area contributed by atoms with Gasteiger partial charge in [-0.15, -0.1) is 0 Å². The van der Waals surface area contributed by atoms with Crippen LogP contribution in [0.3, 0.4) is 0 Å². The van der Waals surface area contributed by atoms with Crippen molar-refractivity contribution in [3.05, 3.63) is 59.7 Å². The molecule has 2 aromatic carbocycles. The Bertz CT molecular complexity index is 1010. The third-order valence-corrected chi connectivity index (χ3v) is 6.89. The average molecular weight is 465 g/mol. The average Bonchev–Trinajstić information content (AvgIpc) is 3.39. The molecule has 0 spiro atoms. The fraction of sp³-hybridized carbons (Fsp3) is 0.444. The highest BCUT2D eigenvalue weighted by Gasteiger charge is 2.31. The molecule has 0 unspecified atom stereocenters. The maximum Gasteiger partial charge on any atom is 0.407 e. The molecular weight excluding hydrogens is 432 g/mol. The zero-order chi connectivity index (χ0) is 24.1. The van der Waals surface area contributed by atoms with Gasteiger partial charge in [0.1, 0.15) is 12.6 Å². The van der Waals surface area contributed by atoms with E-state index in [1.165, 1.54) is 22.3 Å². The normalized spacial score (nSPS) is 19.7. The van der Waals surface area contributed by atoms with Crippen molar-refractivity contribution in [2.24, 2.45) is 5.92 Å². The molecule has 3 N–H and O–H groups in total. The molecule has 7 nitrogen and oxygen atoms in total. The first-order valence-corrected chi connectivity index (χ1v) is 12.1. The zero-order valence-electron chi connectivity index (χ0n) is 19.5. The van der Waals surface area contributed by atoms with E-state index in [0.717, 1.165) is 12.8 Å². The van der Waals surface area contributed by atoms with Crippen LogP contribution in [0.5, 0.6) is 0 Å². The number of carboxylic acid groups (broad SMARTS) is 1. The highest BCUT2D eigenvalue weighted by atomic mass is 16.5. The van der Waals surface area contributed by atoms with Gasteiger partial charge in [-0.3, -0.25) is 4.79 Å². The van der Waals surface area contributed by atoms with E-state index >= 15 is 0 Å². The molecule has 34 heavy (non-hydrogen) atoms. The summed E-state index contributed by atoms with van der Waals surface area (Å²) in [5.41, 5.74) is 4.72. The Morgan fingerprint density at radius 2 is 1.68 bits per heavy atom. The third kappa shape index (κ3) is 5.41. The minimum Gasteiger partial charge on any atom is -0.480 e. The van der Waals surface area contributed by atoms with Crippen molar-refractivity contribution < 1.29 is 24.2 Å². The number of carboxylic acids is 1. The topological polar surface area (TPSA) is 105 Å². The number of carbonyl (C=O) groups excluding carboxylic acids is 2. The molecule has 0 heterocycles. The summed E-state index contributed by atoms with van der Waals surface area (Å²) in [6.07, 6.45) is 3.21. The maximum absolute atomic E-state index is 12.5. The molecule has 1 fully saturated rings. The molecule has 2 aromatic rings. The van der Waals surface area contributed by atoms with Crippen molar-refractivity contribution in [3.8, 4) is 11.1 Å². The van der Waals surface area contributed by atoms with Crippen LogP contribution >= 0.6 is 0 Å². The standard InChI is InChI=1S/C27H32N2O5/c1-2-7-24(26(31)32)29-25(30)15-17-12-13-18(14-17)28-27(33)34-16-23-21-10-5-3-8-19(21)20-9-4-6-11-22(20)23/h3-6,8-11,17-18,23-24H,2,7,12-16H2,1H3,(H,28,33)(H,29,30)(H,31,32)/t17-,18+,24+/m1/s1. The lowest BCUT2D eigenvalue weighted by molar-refractivity contribution is -0.142. The summed E-state index contributed by atoms with van der Waals surface area (Å²) < 4.78 is 5.63. The molecule has 0 radical (unpaired) electrons. The Morgan fingerprint density at radius 1 is 1.03 bits per heavy atom. The van der Waals surface area contributed by atoms with Crippen molar-refractivity contribution in [1.82, 2.24) is 10.6 Å². The lowest BCUT2D eigenvalue weighted by Gasteiger charge is -2.17. The number of aliphatic carboxylic acids is 1. The van der Waals surface area contributed by atoms with Gasteiger partial charge in [-0.2, -0.15) is 0 Å². The minimum absolute atomic E-state index is 0.0171. The number of hydrogen-bond acceptors (Lipinski definition) is 4. The summed E-state index contributed by atoms with van der Waals surface area (Å²) in [4.78, 5) is 36.1. The van der Waals surface area contributed by atoms with Gasteiger partial charge >= 0.3 is 12.1 Å². The van der Waals surface area contributed by atoms with Gasteiger partial charge in [-0.1, -0.05) is 61.9 Å². The summed E-state index contributed by atoms with van der Waals surface area (Å²) in [6.45, 7) is 2.16. The molecule has 0 saturated heterocycles. The first kappa shape index (κ1) is 23.8. The first-order valence-electron chi connectivity index (χ1n) is 12.1. The fourth-order valence-electron chi connectivity index (χ4n) is 5.26. The molecule has 2 aliphatic rings. The Kier molecular flexibility index (Phi) is 7.50. The van der Waals surface area contributed by atoms with Crippen molar-refractivity contribution >= 4 is 18.0 Å². The van der Waals surface area contributed by atoms with Crippen LogP contribution in [0.1, 0.15) is 62.5 Å². The van der Waals surface area contributed by atoms with Gasteiger partial charge in [0, 0.05) is 18.4 Å². The van der Waals surface area contributed by atoms with E-state index in [1.54, 1.807) is 0 Å². The maximum atomic E-state index is 12.5. The summed E-state index contributed by atoms with van der Waals surface area (Å²) in [5, 5.41) is 14.8. The largest absolute Gasteiger partial charge is 0.480 e. The van der Waals surface area contributed by atoms with Gasteiger partial charge in [0.25, 0.3) is 0 Å². The van der Waals surface area contributed by atoms with E-state index in [9.17, 15) is 19.5 Å². The second-order valence-corrected chi connectivity index (χ2v) is 9.30. The summed E-state index contributed by atoms with van der Waals surface area (Å²) in [5.74, 6) is -1.11. The van der Waals surface area contributed by atoms with Gasteiger partial charge in [0.05, 0.1) is 0 Å². The minimum atomic E-state index is -1.00. The smallest absolute Gasteiger partial charge is 0.407 e. The van der Waals surface area contributed by atoms with Gasteiger partial charge < -0.3 is 20.5 Å². The number of alkyl carbamates (subject to hydrolysis) is 1. The highest BCUT2D eigenvalue weighted by molar-refractivity contribution is 5.83. The van der Waals surface area contributed by atoms with Crippen molar-refractivity contribution in [2.45, 2.75) is 63.5 Å². The second-order valence-electron chi connectivity index (χ2n) is 9.30. The van der Waals surface area contributed by atoms with Gasteiger partial charge in [0.15, 0.2) is 0 Å². The van der Waals surface area contributed by atoms with Crippen LogP contribution in [0.15, 0.2) is 48.5 Å². The van der Waals surface area contributed by atoms with E-state index in [1.807, 2.05) is 31.2 Å². The number of benzene rings is 2. The number of rotatable bonds is 9. The van der Waals surface area contributed by atoms with Crippen LogP contribution in [0.4, 0.5) is 4.79 Å². The van der Waals surface area contributed by atoms with E-state index in [2.05, 4.69) is 34.9 Å². The second kappa shape index (κ2) is 10.7. The molecule has 0 aliphatic heterocycles. The predicted octanol–water partition coefficient (Wildman–Crippen LogP) is 4.45. The van der Waals surface area contributed by atoms with Gasteiger partial charge in [-0.05, 0) is 53.9 Å². The molecule has 180 valence electrons. The summed E-state index contributed by atoms with van der Waals surface area (Å²) in [7, 11) is 0. The highest BCUT2D eigenvalue weighted by Crippen LogP contribution is 2.44. The molecule has 2 aliphatic carbocycles. The molecule has 0 bridgehead atoms. The van der Waals surface area contributed by atoms with Crippen molar-refractivity contribution in [3.63, 3.8) is 0 Å². The van der Waals surface area contributed by atoms with Crippen LogP contribution in [0.2, 0.25) is 0 Å². The van der Waals surface area contributed by atoms with Crippen molar-refractivity contribution in [1.29, 1.82) is 0 Å². The van der Waals surface area contributed by atoms with Crippen LogP contribution in [-0.2, 0) is 14.3 Å². The zero-order valence-corrected chi connectivity index (χ0v) is 19.5. The molecule has 0 aromatic heterocycles. The fourth-order valence-corrected chi connectivity index (χ4v) is 5.26. The number of fused-ring (bicyclic) bond motifs is 3. The molecule has 7 heteroatoms.